The molecular weight excluding hydrogens is 238 g/mol. The van der Waals surface area contributed by atoms with Crippen molar-refractivity contribution in [1.82, 2.24) is 4.98 Å². The normalized spacial score (nSPS) is 10.2. The summed E-state index contributed by atoms with van der Waals surface area (Å²) in [5.74, 6) is 0.706. The van der Waals surface area contributed by atoms with Crippen LogP contribution in [-0.4, -0.2) is 18.6 Å². The van der Waals surface area contributed by atoms with E-state index in [1.165, 1.54) is 0 Å². The molecule has 2 aromatic rings. The topological polar surface area (TPSA) is 51.4 Å². The number of nitrogens with zero attached hydrogens (tertiary/aromatic N) is 2. The summed E-state index contributed by atoms with van der Waals surface area (Å²) in [5, 5.41) is 0. The Balaban J connectivity index is 2.22. The molecule has 19 heavy (non-hydrogen) atoms. The zero-order valence-electron chi connectivity index (χ0n) is 11.3. The van der Waals surface area contributed by atoms with Crippen LogP contribution in [0.1, 0.15) is 12.6 Å². The lowest BCUT2D eigenvalue weighted by Gasteiger charge is -2.23. The SMILES string of the molecule is CCN(Cc1ccccn1)c1ccc(N)c(OC)c1. The summed E-state index contributed by atoms with van der Waals surface area (Å²) in [6.45, 7) is 3.78. The minimum Gasteiger partial charge on any atom is -0.495 e. The van der Waals surface area contributed by atoms with E-state index in [0.29, 0.717) is 11.4 Å². The molecule has 1 heterocycles. The maximum Gasteiger partial charge on any atom is 0.143 e. The van der Waals surface area contributed by atoms with E-state index >= 15 is 0 Å². The first-order chi connectivity index (χ1) is 9.24. The molecule has 1 aromatic carbocycles. The van der Waals surface area contributed by atoms with Gasteiger partial charge in [0.2, 0.25) is 0 Å². The first kappa shape index (κ1) is 13.2. The molecular formula is C15H19N3O. The van der Waals surface area contributed by atoms with E-state index in [-0.39, 0.29) is 0 Å². The van der Waals surface area contributed by atoms with Crippen molar-refractivity contribution in [3.05, 3.63) is 48.3 Å². The average Bonchev–Trinajstić information content (AvgIpc) is 2.46. The maximum absolute atomic E-state index is 5.84. The van der Waals surface area contributed by atoms with Gasteiger partial charge in [-0.15, -0.1) is 0 Å². The number of hydrogen-bond donors (Lipinski definition) is 1. The Kier molecular flexibility index (Phi) is 4.23. The van der Waals surface area contributed by atoms with Gasteiger partial charge < -0.3 is 15.4 Å². The Labute approximate surface area is 113 Å². The second-order valence-corrected chi connectivity index (χ2v) is 4.26. The number of nitrogen functional groups attached to an aromatic ring is 1. The lowest BCUT2D eigenvalue weighted by molar-refractivity contribution is 0.417. The van der Waals surface area contributed by atoms with Crippen molar-refractivity contribution < 1.29 is 4.74 Å². The third kappa shape index (κ3) is 3.16. The summed E-state index contributed by atoms with van der Waals surface area (Å²) in [6.07, 6.45) is 1.81. The van der Waals surface area contributed by atoms with Crippen LogP contribution < -0.4 is 15.4 Å². The van der Waals surface area contributed by atoms with Gasteiger partial charge in [0.05, 0.1) is 25.0 Å². The van der Waals surface area contributed by atoms with Gasteiger partial charge in [0.1, 0.15) is 5.75 Å². The predicted octanol–water partition coefficient (Wildman–Crippen LogP) is 2.70. The Bertz CT molecular complexity index is 528. The monoisotopic (exact) mass is 257 g/mol. The van der Waals surface area contributed by atoms with E-state index < -0.39 is 0 Å². The number of aromatic nitrogens is 1. The lowest BCUT2D eigenvalue weighted by Crippen LogP contribution is -2.22. The third-order valence-corrected chi connectivity index (χ3v) is 3.04. The number of nitrogens with two attached hydrogens (primary N) is 1. The zero-order valence-corrected chi connectivity index (χ0v) is 11.3. The molecule has 0 radical (unpaired) electrons. The van der Waals surface area contributed by atoms with Gasteiger partial charge in [-0.25, -0.2) is 0 Å². The Morgan fingerprint density at radius 2 is 2.11 bits per heavy atom. The second-order valence-electron chi connectivity index (χ2n) is 4.26. The molecule has 0 atom stereocenters. The van der Waals surface area contributed by atoms with Crippen LogP contribution in [0.4, 0.5) is 11.4 Å². The molecule has 0 aliphatic heterocycles. The van der Waals surface area contributed by atoms with E-state index in [1.807, 2.05) is 42.6 Å². The van der Waals surface area contributed by atoms with Crippen LogP contribution in [0.2, 0.25) is 0 Å². The van der Waals surface area contributed by atoms with Gasteiger partial charge in [0.15, 0.2) is 0 Å². The molecule has 0 unspecified atom stereocenters. The van der Waals surface area contributed by atoms with Crippen LogP contribution in [0.5, 0.6) is 5.75 Å². The standard InChI is InChI=1S/C15H19N3O/c1-3-18(11-12-6-4-5-9-17-12)13-7-8-14(16)15(10-13)19-2/h4-10H,3,11,16H2,1-2H3. The van der Waals surface area contributed by atoms with Gasteiger partial charge in [-0.1, -0.05) is 6.07 Å². The van der Waals surface area contributed by atoms with Crippen LogP contribution in [-0.2, 0) is 6.54 Å². The second kappa shape index (κ2) is 6.09. The molecule has 2 rings (SSSR count). The molecule has 4 heteroatoms. The number of hydrogen-bond acceptors (Lipinski definition) is 4. The highest BCUT2D eigenvalue weighted by Crippen LogP contribution is 2.27. The fraction of sp³-hybridized carbons (Fsp3) is 0.267. The van der Waals surface area contributed by atoms with E-state index in [4.69, 9.17) is 10.5 Å². The molecule has 4 nitrogen and oxygen atoms in total. The summed E-state index contributed by atoms with van der Waals surface area (Å²) in [6, 6.07) is 11.8. The molecule has 1 aromatic heterocycles. The molecule has 0 aliphatic carbocycles. The van der Waals surface area contributed by atoms with Crippen LogP contribution in [0.25, 0.3) is 0 Å². The van der Waals surface area contributed by atoms with Crippen LogP contribution in [0.3, 0.4) is 0 Å². The van der Waals surface area contributed by atoms with Gasteiger partial charge in [0.25, 0.3) is 0 Å². The minimum atomic E-state index is 0.653. The highest BCUT2D eigenvalue weighted by Gasteiger charge is 2.08. The van der Waals surface area contributed by atoms with E-state index in [9.17, 15) is 0 Å². The van der Waals surface area contributed by atoms with Gasteiger partial charge in [-0.2, -0.15) is 0 Å². The molecule has 2 N–H and O–H groups in total. The van der Waals surface area contributed by atoms with Crippen molar-refractivity contribution in [3.8, 4) is 5.75 Å². The van der Waals surface area contributed by atoms with E-state index in [0.717, 1.165) is 24.5 Å². The largest absolute Gasteiger partial charge is 0.495 e. The van der Waals surface area contributed by atoms with Crippen LogP contribution >= 0.6 is 0 Å². The lowest BCUT2D eigenvalue weighted by atomic mass is 10.2. The molecule has 0 fully saturated rings. The minimum absolute atomic E-state index is 0.653. The van der Waals surface area contributed by atoms with Crippen molar-refractivity contribution in [2.45, 2.75) is 13.5 Å². The molecule has 100 valence electrons. The molecule has 0 aliphatic rings. The summed E-state index contributed by atoms with van der Waals surface area (Å²) < 4.78 is 5.26. The van der Waals surface area contributed by atoms with Gasteiger partial charge in [-0.05, 0) is 31.2 Å². The molecule has 0 spiro atoms. The van der Waals surface area contributed by atoms with Crippen molar-refractivity contribution >= 4 is 11.4 Å². The van der Waals surface area contributed by atoms with Crippen molar-refractivity contribution in [2.75, 3.05) is 24.3 Å². The van der Waals surface area contributed by atoms with Crippen LogP contribution in [0, 0.1) is 0 Å². The maximum atomic E-state index is 5.84. The fourth-order valence-electron chi connectivity index (χ4n) is 1.97. The Morgan fingerprint density at radius 1 is 1.26 bits per heavy atom. The quantitative estimate of drug-likeness (QED) is 0.837. The number of anilines is 2. The van der Waals surface area contributed by atoms with Crippen LogP contribution in [0.15, 0.2) is 42.6 Å². The van der Waals surface area contributed by atoms with Gasteiger partial charge >= 0.3 is 0 Å². The molecule has 0 saturated carbocycles. The third-order valence-electron chi connectivity index (χ3n) is 3.04. The number of rotatable bonds is 5. The highest BCUT2D eigenvalue weighted by molar-refractivity contribution is 5.62. The fourth-order valence-corrected chi connectivity index (χ4v) is 1.97. The number of methoxy groups -OCH3 is 1. The summed E-state index contributed by atoms with van der Waals surface area (Å²) >= 11 is 0. The Hall–Kier alpha value is -2.23. The summed E-state index contributed by atoms with van der Waals surface area (Å²) in [4.78, 5) is 6.58. The average molecular weight is 257 g/mol. The highest BCUT2D eigenvalue weighted by atomic mass is 16.5. The molecule has 0 bridgehead atoms. The van der Waals surface area contributed by atoms with Crippen molar-refractivity contribution in [2.24, 2.45) is 0 Å². The summed E-state index contributed by atoms with van der Waals surface area (Å²) in [7, 11) is 1.63. The number of ether oxygens (including phenoxy) is 1. The van der Waals surface area contributed by atoms with Gasteiger partial charge in [-0.3, -0.25) is 4.98 Å². The van der Waals surface area contributed by atoms with E-state index in [2.05, 4.69) is 16.8 Å². The smallest absolute Gasteiger partial charge is 0.143 e. The van der Waals surface area contributed by atoms with Crippen molar-refractivity contribution in [1.29, 1.82) is 0 Å². The Morgan fingerprint density at radius 3 is 2.74 bits per heavy atom. The molecule has 0 amide bonds. The predicted molar refractivity (Wildman–Crippen MR) is 78.4 cm³/mol. The van der Waals surface area contributed by atoms with Gasteiger partial charge in [0, 0.05) is 24.5 Å². The van der Waals surface area contributed by atoms with E-state index in [1.54, 1.807) is 7.11 Å². The van der Waals surface area contributed by atoms with Crippen molar-refractivity contribution in [3.63, 3.8) is 0 Å². The molecule has 0 saturated heterocycles. The summed E-state index contributed by atoms with van der Waals surface area (Å²) in [5.41, 5.74) is 8.62. The zero-order chi connectivity index (χ0) is 13.7. The number of benzene rings is 1. The number of pyridine rings is 1. The first-order valence-electron chi connectivity index (χ1n) is 6.33. The first-order valence-corrected chi connectivity index (χ1v) is 6.33.